The molecule has 0 spiro atoms. The van der Waals surface area contributed by atoms with Crippen molar-refractivity contribution in [2.45, 2.75) is 6.54 Å². The highest BCUT2D eigenvalue weighted by atomic mass is 127. The number of hydrogen-bond acceptors (Lipinski definition) is 2. The lowest BCUT2D eigenvalue weighted by Crippen LogP contribution is -2.20. The Morgan fingerprint density at radius 1 is 0.885 bits per heavy atom. The van der Waals surface area contributed by atoms with Crippen LogP contribution in [0.1, 0.15) is 15.9 Å². The molecule has 0 unspecified atom stereocenters. The van der Waals surface area contributed by atoms with Crippen molar-refractivity contribution in [3.8, 4) is 11.4 Å². The number of aromatic nitrogens is 2. The zero-order valence-electron chi connectivity index (χ0n) is 13.6. The summed E-state index contributed by atoms with van der Waals surface area (Å²) >= 11 is 2.32. The molecule has 0 bridgehead atoms. The van der Waals surface area contributed by atoms with Crippen LogP contribution in [-0.2, 0) is 6.54 Å². The van der Waals surface area contributed by atoms with E-state index in [1.807, 2.05) is 42.5 Å². The quantitative estimate of drug-likeness (QED) is 0.379. The van der Waals surface area contributed by atoms with Crippen LogP contribution < -0.4 is 5.43 Å². The Kier molecular flexibility index (Phi) is 3.40. The van der Waals surface area contributed by atoms with Crippen LogP contribution in [0, 0.1) is 3.57 Å². The number of carbonyl (C=O) groups excluding carboxylic acids is 1. The zero-order valence-corrected chi connectivity index (χ0v) is 15.8. The zero-order chi connectivity index (χ0) is 17.8. The molecule has 26 heavy (non-hydrogen) atoms. The monoisotopic (exact) mass is 452 g/mol. The maximum atomic E-state index is 13.0. The highest BCUT2D eigenvalue weighted by Gasteiger charge is 2.32. The van der Waals surface area contributed by atoms with Crippen molar-refractivity contribution in [3.63, 3.8) is 0 Å². The summed E-state index contributed by atoms with van der Waals surface area (Å²) < 4.78 is 4.82. The largest absolute Gasteiger partial charge is 0.334 e. The van der Waals surface area contributed by atoms with E-state index in [1.54, 1.807) is 16.8 Å². The number of para-hydroxylation sites is 1. The summed E-state index contributed by atoms with van der Waals surface area (Å²) in [6.07, 6.45) is 1.72. The van der Waals surface area contributed by atoms with E-state index < -0.39 is 0 Å². The Balaban J connectivity index is 1.90. The van der Waals surface area contributed by atoms with E-state index in [9.17, 15) is 9.59 Å². The van der Waals surface area contributed by atoms with E-state index in [4.69, 9.17) is 0 Å². The van der Waals surface area contributed by atoms with Crippen LogP contribution in [0.3, 0.4) is 0 Å². The second-order valence-corrected chi connectivity index (χ2v) is 7.48. The van der Waals surface area contributed by atoms with Crippen LogP contribution >= 0.6 is 22.6 Å². The van der Waals surface area contributed by atoms with E-state index in [2.05, 4.69) is 39.3 Å². The number of rotatable bonds is 2. The highest BCUT2D eigenvalue weighted by Crippen LogP contribution is 2.33. The molecule has 0 radical (unpaired) electrons. The fraction of sp³-hybridized carbons (Fsp3) is 0.0476. The molecule has 0 amide bonds. The number of pyridine rings is 1. The van der Waals surface area contributed by atoms with Gasteiger partial charge >= 0.3 is 0 Å². The van der Waals surface area contributed by atoms with E-state index in [0.29, 0.717) is 17.6 Å². The number of benzene rings is 2. The first-order chi connectivity index (χ1) is 12.7. The van der Waals surface area contributed by atoms with Crippen LogP contribution in [0.5, 0.6) is 0 Å². The van der Waals surface area contributed by atoms with Crippen molar-refractivity contribution < 1.29 is 4.79 Å². The Morgan fingerprint density at radius 2 is 1.65 bits per heavy atom. The third-order valence-electron chi connectivity index (χ3n) is 4.88. The van der Waals surface area contributed by atoms with Gasteiger partial charge in [-0.1, -0.05) is 30.3 Å². The molecule has 1 aliphatic rings. The second-order valence-electron chi connectivity index (χ2n) is 6.32. The molecule has 5 rings (SSSR count). The minimum Gasteiger partial charge on any atom is -0.334 e. The molecule has 0 atom stereocenters. The van der Waals surface area contributed by atoms with Gasteiger partial charge in [0.1, 0.15) is 5.56 Å². The van der Waals surface area contributed by atoms with Gasteiger partial charge in [0.15, 0.2) is 0 Å². The predicted molar refractivity (Wildman–Crippen MR) is 110 cm³/mol. The molecule has 0 saturated heterocycles. The van der Waals surface area contributed by atoms with E-state index in [-0.39, 0.29) is 16.9 Å². The SMILES string of the molecule is O=C1c2c(n(Cc3ccccc3I)c3ccccc3c2=O)-c2cccn21. The molecule has 2 aromatic heterocycles. The Bertz CT molecular complexity index is 1270. The molecule has 126 valence electrons. The van der Waals surface area contributed by atoms with E-state index >= 15 is 0 Å². The first-order valence-corrected chi connectivity index (χ1v) is 9.36. The van der Waals surface area contributed by atoms with Gasteiger partial charge in [-0.25, -0.2) is 0 Å². The molecule has 0 saturated carbocycles. The van der Waals surface area contributed by atoms with Crippen LogP contribution in [0.2, 0.25) is 0 Å². The summed E-state index contributed by atoms with van der Waals surface area (Å²) in [5.74, 6) is -0.243. The summed E-state index contributed by atoms with van der Waals surface area (Å²) in [5, 5.41) is 0.580. The molecule has 4 nitrogen and oxygen atoms in total. The number of hydrogen-bond donors (Lipinski definition) is 0. The number of fused-ring (bicyclic) bond motifs is 4. The van der Waals surface area contributed by atoms with Gasteiger partial charge in [0.05, 0.1) is 16.9 Å². The fourth-order valence-corrected chi connectivity index (χ4v) is 4.25. The van der Waals surface area contributed by atoms with Crippen LogP contribution in [0.4, 0.5) is 0 Å². The third kappa shape index (κ3) is 2.07. The molecule has 1 aliphatic heterocycles. The number of nitrogens with zero attached hydrogens (tertiary/aromatic N) is 2. The molecule has 5 heteroatoms. The molecule has 0 N–H and O–H groups in total. The molecule has 2 aromatic carbocycles. The summed E-state index contributed by atoms with van der Waals surface area (Å²) in [4.78, 5) is 25.9. The smallest absolute Gasteiger partial charge is 0.268 e. The minimum atomic E-state index is -0.243. The van der Waals surface area contributed by atoms with Crippen LogP contribution in [0.15, 0.2) is 71.7 Å². The first-order valence-electron chi connectivity index (χ1n) is 8.28. The van der Waals surface area contributed by atoms with Gasteiger partial charge in [0, 0.05) is 21.7 Å². The number of halogens is 1. The van der Waals surface area contributed by atoms with Gasteiger partial charge in [0.2, 0.25) is 5.43 Å². The standard InChI is InChI=1S/C21H13IN2O2/c22-15-8-3-1-6-13(15)12-24-16-9-4-2-7-14(16)20(25)18-19(24)17-10-5-11-23(17)21(18)26/h1-11H,12H2. The van der Waals surface area contributed by atoms with E-state index in [0.717, 1.165) is 20.3 Å². The van der Waals surface area contributed by atoms with Crippen molar-refractivity contribution in [2.24, 2.45) is 0 Å². The Hall–Kier alpha value is -2.67. The van der Waals surface area contributed by atoms with Gasteiger partial charge in [-0.15, -0.1) is 0 Å². The van der Waals surface area contributed by atoms with Crippen molar-refractivity contribution in [2.75, 3.05) is 0 Å². The normalized spacial score (nSPS) is 12.4. The summed E-state index contributed by atoms with van der Waals surface area (Å²) in [7, 11) is 0. The molecule has 4 aromatic rings. The molecule has 3 heterocycles. The van der Waals surface area contributed by atoms with Gasteiger partial charge in [-0.2, -0.15) is 0 Å². The lowest BCUT2D eigenvalue weighted by atomic mass is 10.1. The molecule has 0 aliphatic carbocycles. The van der Waals surface area contributed by atoms with Gasteiger partial charge in [-0.3, -0.25) is 14.2 Å². The lowest BCUT2D eigenvalue weighted by Gasteiger charge is -2.17. The van der Waals surface area contributed by atoms with Crippen LogP contribution in [0.25, 0.3) is 22.3 Å². The molecular weight excluding hydrogens is 439 g/mol. The van der Waals surface area contributed by atoms with Crippen molar-refractivity contribution in [3.05, 3.63) is 91.8 Å². The second kappa shape index (κ2) is 5.67. The average molecular weight is 452 g/mol. The Labute approximate surface area is 162 Å². The lowest BCUT2D eigenvalue weighted by molar-refractivity contribution is 0.0968. The maximum absolute atomic E-state index is 13.0. The van der Waals surface area contributed by atoms with Crippen molar-refractivity contribution in [1.82, 2.24) is 9.13 Å². The van der Waals surface area contributed by atoms with Gasteiger partial charge in [-0.05, 0) is 58.5 Å². The minimum absolute atomic E-state index is 0.191. The van der Waals surface area contributed by atoms with Crippen molar-refractivity contribution >= 4 is 39.4 Å². The fourth-order valence-electron chi connectivity index (χ4n) is 3.70. The third-order valence-corrected chi connectivity index (χ3v) is 5.94. The molecular formula is C21H13IN2O2. The average Bonchev–Trinajstić information content (AvgIpc) is 3.23. The van der Waals surface area contributed by atoms with Gasteiger partial charge < -0.3 is 4.57 Å². The molecule has 0 fully saturated rings. The highest BCUT2D eigenvalue weighted by molar-refractivity contribution is 14.1. The predicted octanol–water partition coefficient (Wildman–Crippen LogP) is 4.12. The van der Waals surface area contributed by atoms with Crippen LogP contribution in [-0.4, -0.2) is 15.0 Å². The summed E-state index contributed by atoms with van der Waals surface area (Å²) in [6.45, 7) is 0.598. The van der Waals surface area contributed by atoms with Crippen molar-refractivity contribution in [1.29, 1.82) is 0 Å². The first kappa shape index (κ1) is 15.6. The van der Waals surface area contributed by atoms with E-state index in [1.165, 1.54) is 0 Å². The summed E-state index contributed by atoms with van der Waals surface area (Å²) in [6, 6.07) is 19.4. The van der Waals surface area contributed by atoms with Gasteiger partial charge in [0.25, 0.3) is 5.91 Å². The number of carbonyl (C=O) groups is 1. The topological polar surface area (TPSA) is 44.0 Å². The summed E-state index contributed by atoms with van der Waals surface area (Å²) in [5.41, 5.74) is 3.57. The Morgan fingerprint density at radius 3 is 2.50 bits per heavy atom. The maximum Gasteiger partial charge on any atom is 0.268 e.